The molecular weight excluding hydrogens is 248 g/mol. The average Bonchev–Trinajstić information content (AvgIpc) is 2.92. The van der Waals surface area contributed by atoms with Gasteiger partial charge in [0.2, 0.25) is 0 Å². The van der Waals surface area contributed by atoms with E-state index in [9.17, 15) is 9.59 Å². The third-order valence-electron chi connectivity index (χ3n) is 3.28. The molecule has 1 aliphatic rings. The molecule has 0 aliphatic carbocycles. The minimum Gasteiger partial charge on any atom is -0.481 e. The second-order valence-electron chi connectivity index (χ2n) is 4.68. The molecule has 0 saturated carbocycles. The number of amides is 2. The molecule has 2 rings (SSSR count). The Morgan fingerprint density at radius 1 is 1.58 bits per heavy atom. The standard InChI is InChI=1S/C12H18N4O3/c17-11(18)9-2-1-5-16(7-9)12(19)14-4-3-10-6-13-8-15-10/h6,8-9H,1-5,7H2,(H,13,15)(H,14,19)(H,17,18)/t9-/m0/s1. The molecule has 0 spiro atoms. The Morgan fingerprint density at radius 2 is 2.42 bits per heavy atom. The van der Waals surface area contributed by atoms with Crippen molar-refractivity contribution in [3.05, 3.63) is 18.2 Å². The smallest absolute Gasteiger partial charge is 0.317 e. The fourth-order valence-corrected chi connectivity index (χ4v) is 2.20. The third kappa shape index (κ3) is 3.70. The number of carboxylic acids is 1. The maximum absolute atomic E-state index is 11.9. The van der Waals surface area contributed by atoms with Gasteiger partial charge in [0, 0.05) is 37.9 Å². The Balaban J connectivity index is 1.74. The number of aromatic amines is 1. The van der Waals surface area contributed by atoms with E-state index in [4.69, 9.17) is 5.11 Å². The number of aromatic nitrogens is 2. The lowest BCUT2D eigenvalue weighted by Crippen LogP contribution is -2.47. The largest absolute Gasteiger partial charge is 0.481 e. The molecule has 1 saturated heterocycles. The molecule has 2 amide bonds. The molecule has 1 aliphatic heterocycles. The van der Waals surface area contributed by atoms with Crippen molar-refractivity contribution in [3.8, 4) is 0 Å². The van der Waals surface area contributed by atoms with Crippen LogP contribution in [0.4, 0.5) is 4.79 Å². The summed E-state index contributed by atoms with van der Waals surface area (Å²) in [6.07, 6.45) is 5.38. The van der Waals surface area contributed by atoms with Crippen LogP contribution >= 0.6 is 0 Å². The molecule has 1 aromatic rings. The van der Waals surface area contributed by atoms with Gasteiger partial charge in [0.25, 0.3) is 0 Å². The van der Waals surface area contributed by atoms with E-state index in [0.29, 0.717) is 32.5 Å². The van der Waals surface area contributed by atoms with Gasteiger partial charge in [-0.1, -0.05) is 0 Å². The number of hydrogen-bond acceptors (Lipinski definition) is 3. The minimum absolute atomic E-state index is 0.189. The van der Waals surface area contributed by atoms with Gasteiger partial charge < -0.3 is 20.3 Å². The lowest BCUT2D eigenvalue weighted by molar-refractivity contribution is -0.143. The van der Waals surface area contributed by atoms with Gasteiger partial charge in [-0.05, 0) is 12.8 Å². The highest BCUT2D eigenvalue weighted by molar-refractivity contribution is 5.76. The molecule has 0 aromatic carbocycles. The van der Waals surface area contributed by atoms with Crippen LogP contribution in [0, 0.1) is 5.92 Å². The van der Waals surface area contributed by atoms with Crippen molar-refractivity contribution in [2.75, 3.05) is 19.6 Å². The summed E-state index contributed by atoms with van der Waals surface area (Å²) in [6.45, 7) is 1.43. The first kappa shape index (κ1) is 13.4. The Morgan fingerprint density at radius 3 is 3.11 bits per heavy atom. The number of rotatable bonds is 4. The number of likely N-dealkylation sites (tertiary alicyclic amines) is 1. The van der Waals surface area contributed by atoms with E-state index in [0.717, 1.165) is 12.1 Å². The summed E-state index contributed by atoms with van der Waals surface area (Å²) < 4.78 is 0. The highest BCUT2D eigenvalue weighted by Gasteiger charge is 2.27. The fourth-order valence-electron chi connectivity index (χ4n) is 2.20. The van der Waals surface area contributed by atoms with Crippen LogP contribution in [0.1, 0.15) is 18.5 Å². The van der Waals surface area contributed by atoms with E-state index in [2.05, 4.69) is 15.3 Å². The van der Waals surface area contributed by atoms with Gasteiger partial charge in [0.05, 0.1) is 12.2 Å². The molecule has 3 N–H and O–H groups in total. The summed E-state index contributed by atoms with van der Waals surface area (Å²) in [6, 6.07) is -0.189. The Hall–Kier alpha value is -2.05. The van der Waals surface area contributed by atoms with E-state index >= 15 is 0 Å². The quantitative estimate of drug-likeness (QED) is 0.737. The van der Waals surface area contributed by atoms with Crippen LogP contribution in [-0.4, -0.2) is 51.6 Å². The van der Waals surface area contributed by atoms with Crippen molar-refractivity contribution >= 4 is 12.0 Å². The summed E-state index contributed by atoms with van der Waals surface area (Å²) in [5, 5.41) is 11.8. The highest BCUT2D eigenvalue weighted by Crippen LogP contribution is 2.16. The van der Waals surface area contributed by atoms with Crippen LogP contribution in [0.3, 0.4) is 0 Å². The number of aliphatic carboxylic acids is 1. The molecule has 104 valence electrons. The molecular formula is C12H18N4O3. The SMILES string of the molecule is O=C(O)[C@H]1CCCN(C(=O)NCCc2cnc[nH]2)C1. The summed E-state index contributed by atoms with van der Waals surface area (Å²) in [4.78, 5) is 31.2. The van der Waals surface area contributed by atoms with Crippen LogP contribution in [0.25, 0.3) is 0 Å². The van der Waals surface area contributed by atoms with Crippen LogP contribution in [0.5, 0.6) is 0 Å². The third-order valence-corrected chi connectivity index (χ3v) is 3.28. The van der Waals surface area contributed by atoms with Crippen molar-refractivity contribution in [1.82, 2.24) is 20.2 Å². The number of nitrogens with one attached hydrogen (secondary N) is 2. The summed E-state index contributed by atoms with van der Waals surface area (Å²) >= 11 is 0. The van der Waals surface area contributed by atoms with Crippen LogP contribution in [0.2, 0.25) is 0 Å². The van der Waals surface area contributed by atoms with Crippen molar-refractivity contribution in [3.63, 3.8) is 0 Å². The van der Waals surface area contributed by atoms with Crippen LogP contribution in [-0.2, 0) is 11.2 Å². The lowest BCUT2D eigenvalue weighted by Gasteiger charge is -2.30. The number of carbonyl (C=O) groups excluding carboxylic acids is 1. The molecule has 19 heavy (non-hydrogen) atoms. The molecule has 0 unspecified atom stereocenters. The zero-order valence-corrected chi connectivity index (χ0v) is 10.6. The van der Waals surface area contributed by atoms with Crippen LogP contribution < -0.4 is 5.32 Å². The number of piperidine rings is 1. The summed E-state index contributed by atoms with van der Waals surface area (Å²) in [5.41, 5.74) is 0.961. The fraction of sp³-hybridized carbons (Fsp3) is 0.583. The molecule has 2 heterocycles. The lowest BCUT2D eigenvalue weighted by atomic mass is 9.99. The van der Waals surface area contributed by atoms with Gasteiger partial charge in [0.15, 0.2) is 0 Å². The molecule has 1 atom stereocenters. The number of H-pyrrole nitrogens is 1. The first-order valence-electron chi connectivity index (χ1n) is 6.39. The molecule has 1 fully saturated rings. The second-order valence-corrected chi connectivity index (χ2v) is 4.68. The second kappa shape index (κ2) is 6.21. The van der Waals surface area contributed by atoms with Gasteiger partial charge in [-0.2, -0.15) is 0 Å². The minimum atomic E-state index is -0.824. The number of hydrogen-bond donors (Lipinski definition) is 3. The zero-order valence-electron chi connectivity index (χ0n) is 10.6. The maximum atomic E-state index is 11.9. The van der Waals surface area contributed by atoms with E-state index in [-0.39, 0.29) is 6.03 Å². The van der Waals surface area contributed by atoms with Crippen LogP contribution in [0.15, 0.2) is 12.5 Å². The first-order chi connectivity index (χ1) is 9.16. The zero-order chi connectivity index (χ0) is 13.7. The normalized spacial score (nSPS) is 19.2. The van der Waals surface area contributed by atoms with Gasteiger partial charge in [-0.15, -0.1) is 0 Å². The summed E-state index contributed by atoms with van der Waals surface area (Å²) in [7, 11) is 0. The predicted molar refractivity (Wildman–Crippen MR) is 67.6 cm³/mol. The van der Waals surface area contributed by atoms with Crippen molar-refractivity contribution in [1.29, 1.82) is 0 Å². The molecule has 0 radical (unpaired) electrons. The van der Waals surface area contributed by atoms with Gasteiger partial charge in [-0.3, -0.25) is 4.79 Å². The Bertz CT molecular complexity index is 432. The maximum Gasteiger partial charge on any atom is 0.317 e. The molecule has 0 bridgehead atoms. The van der Waals surface area contributed by atoms with E-state index in [1.54, 1.807) is 17.4 Å². The monoisotopic (exact) mass is 266 g/mol. The molecule has 1 aromatic heterocycles. The van der Waals surface area contributed by atoms with Crippen molar-refractivity contribution < 1.29 is 14.7 Å². The number of urea groups is 1. The Kier molecular flexibility index (Phi) is 4.38. The van der Waals surface area contributed by atoms with E-state index in [1.165, 1.54) is 0 Å². The topological polar surface area (TPSA) is 98.3 Å². The Labute approximate surface area is 111 Å². The number of nitrogens with zero attached hydrogens (tertiary/aromatic N) is 2. The number of carboxylic acid groups (broad SMARTS) is 1. The molecule has 7 nitrogen and oxygen atoms in total. The van der Waals surface area contributed by atoms with E-state index in [1.807, 2.05) is 0 Å². The summed E-state index contributed by atoms with van der Waals surface area (Å²) in [5.74, 6) is -1.26. The molecule has 7 heteroatoms. The number of carbonyl (C=O) groups is 2. The highest BCUT2D eigenvalue weighted by atomic mass is 16.4. The van der Waals surface area contributed by atoms with Crippen molar-refractivity contribution in [2.24, 2.45) is 5.92 Å². The van der Waals surface area contributed by atoms with Gasteiger partial charge in [-0.25, -0.2) is 9.78 Å². The van der Waals surface area contributed by atoms with Gasteiger partial charge in [0.1, 0.15) is 0 Å². The van der Waals surface area contributed by atoms with Gasteiger partial charge >= 0.3 is 12.0 Å². The first-order valence-corrected chi connectivity index (χ1v) is 6.39. The van der Waals surface area contributed by atoms with Crippen molar-refractivity contribution in [2.45, 2.75) is 19.3 Å². The number of imidazole rings is 1. The predicted octanol–water partition coefficient (Wildman–Crippen LogP) is 0.458. The van der Waals surface area contributed by atoms with E-state index < -0.39 is 11.9 Å². The average molecular weight is 266 g/mol.